The van der Waals surface area contributed by atoms with Gasteiger partial charge in [0.25, 0.3) is 0 Å². The van der Waals surface area contributed by atoms with Crippen molar-refractivity contribution in [2.75, 3.05) is 10.7 Å². The van der Waals surface area contributed by atoms with Gasteiger partial charge in [0.05, 0.1) is 6.04 Å². The molecule has 5 nitrogen and oxygen atoms in total. The van der Waals surface area contributed by atoms with Gasteiger partial charge >= 0.3 is 0 Å². The maximum atomic E-state index is 5.49. The lowest BCUT2D eigenvalue weighted by Crippen LogP contribution is -2.16. The molecule has 0 spiro atoms. The number of benzene rings is 1. The van der Waals surface area contributed by atoms with Crippen molar-refractivity contribution < 1.29 is 0 Å². The third-order valence-corrected chi connectivity index (χ3v) is 3.40. The largest absolute Gasteiger partial charge is 0.363 e. The van der Waals surface area contributed by atoms with Gasteiger partial charge in [0.1, 0.15) is 17.5 Å². The molecular formula is C15H21N5. The van der Waals surface area contributed by atoms with Crippen LogP contribution in [0.5, 0.6) is 0 Å². The second kappa shape index (κ2) is 5.88. The van der Waals surface area contributed by atoms with Crippen LogP contribution in [-0.4, -0.2) is 9.97 Å². The Hall–Kier alpha value is -2.14. The number of aryl methyl sites for hydroxylation is 2. The van der Waals surface area contributed by atoms with Crippen LogP contribution in [-0.2, 0) is 0 Å². The summed E-state index contributed by atoms with van der Waals surface area (Å²) in [4.78, 5) is 8.72. The minimum Gasteiger partial charge on any atom is -0.363 e. The first kappa shape index (κ1) is 14.3. The topological polar surface area (TPSA) is 75.9 Å². The summed E-state index contributed by atoms with van der Waals surface area (Å²) in [5.41, 5.74) is 6.04. The Morgan fingerprint density at radius 2 is 1.70 bits per heavy atom. The van der Waals surface area contributed by atoms with E-state index in [9.17, 15) is 0 Å². The van der Waals surface area contributed by atoms with Crippen molar-refractivity contribution in [3.8, 4) is 0 Å². The number of rotatable bonds is 4. The monoisotopic (exact) mass is 271 g/mol. The van der Waals surface area contributed by atoms with Crippen molar-refractivity contribution in [3.05, 3.63) is 46.8 Å². The van der Waals surface area contributed by atoms with Gasteiger partial charge < -0.3 is 10.7 Å². The number of hydrogen-bond acceptors (Lipinski definition) is 5. The maximum Gasteiger partial charge on any atom is 0.148 e. The van der Waals surface area contributed by atoms with Crippen LogP contribution in [0.25, 0.3) is 0 Å². The molecule has 0 radical (unpaired) electrons. The number of nitrogen functional groups attached to an aromatic ring is 1. The summed E-state index contributed by atoms with van der Waals surface area (Å²) < 4.78 is 0. The molecule has 0 amide bonds. The zero-order chi connectivity index (χ0) is 14.7. The molecule has 5 heteroatoms. The van der Waals surface area contributed by atoms with E-state index in [1.54, 1.807) is 0 Å². The van der Waals surface area contributed by atoms with Gasteiger partial charge in [-0.25, -0.2) is 15.8 Å². The molecule has 0 aliphatic heterocycles. The highest BCUT2D eigenvalue weighted by Gasteiger charge is 2.13. The van der Waals surface area contributed by atoms with E-state index in [0.717, 1.165) is 11.4 Å². The molecule has 2 aromatic rings. The van der Waals surface area contributed by atoms with E-state index in [1.807, 2.05) is 26.0 Å². The number of hydrazine groups is 1. The fourth-order valence-corrected chi connectivity index (χ4v) is 2.26. The number of aromatic nitrogens is 2. The van der Waals surface area contributed by atoms with E-state index in [0.29, 0.717) is 11.6 Å². The highest BCUT2D eigenvalue weighted by Crippen LogP contribution is 2.25. The van der Waals surface area contributed by atoms with Gasteiger partial charge in [-0.05, 0) is 38.8 Å². The minimum atomic E-state index is 0.162. The average molecular weight is 271 g/mol. The molecular weight excluding hydrogens is 250 g/mol. The zero-order valence-electron chi connectivity index (χ0n) is 12.4. The van der Waals surface area contributed by atoms with E-state index in [1.165, 1.54) is 11.1 Å². The van der Waals surface area contributed by atoms with Gasteiger partial charge in [0.15, 0.2) is 0 Å². The molecule has 0 aliphatic carbocycles. The minimum absolute atomic E-state index is 0.162. The van der Waals surface area contributed by atoms with Crippen LogP contribution in [0.2, 0.25) is 0 Å². The summed E-state index contributed by atoms with van der Waals surface area (Å²) in [5.74, 6) is 7.63. The van der Waals surface area contributed by atoms with Crippen LogP contribution >= 0.6 is 0 Å². The van der Waals surface area contributed by atoms with Crippen LogP contribution in [0.3, 0.4) is 0 Å². The number of hydrogen-bond donors (Lipinski definition) is 3. The normalized spacial score (nSPS) is 12.1. The Kier molecular flexibility index (Phi) is 4.20. The molecule has 1 heterocycles. The SMILES string of the molecule is Cc1nc(NN)c(C)c(NC(C)c2ccccc2C)n1. The van der Waals surface area contributed by atoms with Gasteiger partial charge in [-0.3, -0.25) is 0 Å². The molecule has 20 heavy (non-hydrogen) atoms. The van der Waals surface area contributed by atoms with Gasteiger partial charge in [-0.15, -0.1) is 0 Å². The molecule has 0 saturated heterocycles. The zero-order valence-corrected chi connectivity index (χ0v) is 12.4. The Balaban J connectivity index is 2.30. The predicted molar refractivity (Wildman–Crippen MR) is 82.5 cm³/mol. The Morgan fingerprint density at radius 1 is 1.05 bits per heavy atom. The fraction of sp³-hybridized carbons (Fsp3) is 0.333. The highest BCUT2D eigenvalue weighted by molar-refractivity contribution is 5.57. The van der Waals surface area contributed by atoms with Crippen LogP contribution in [0.4, 0.5) is 11.6 Å². The molecule has 1 aromatic carbocycles. The predicted octanol–water partition coefficient (Wildman–Crippen LogP) is 2.86. The summed E-state index contributed by atoms with van der Waals surface area (Å²) in [7, 11) is 0. The molecule has 0 bridgehead atoms. The van der Waals surface area contributed by atoms with Crippen molar-refractivity contribution >= 4 is 11.6 Å². The summed E-state index contributed by atoms with van der Waals surface area (Å²) in [6, 6.07) is 8.49. The van der Waals surface area contributed by atoms with Crippen LogP contribution in [0.15, 0.2) is 24.3 Å². The second-order valence-electron chi connectivity index (χ2n) is 4.96. The molecule has 106 valence electrons. The van der Waals surface area contributed by atoms with E-state index in [-0.39, 0.29) is 6.04 Å². The van der Waals surface area contributed by atoms with Crippen molar-refractivity contribution in [3.63, 3.8) is 0 Å². The molecule has 4 N–H and O–H groups in total. The lowest BCUT2D eigenvalue weighted by Gasteiger charge is -2.19. The number of nitrogens with zero attached hydrogens (tertiary/aromatic N) is 2. The highest BCUT2D eigenvalue weighted by atomic mass is 15.3. The molecule has 0 saturated carbocycles. The van der Waals surface area contributed by atoms with E-state index in [2.05, 4.69) is 46.7 Å². The lowest BCUT2D eigenvalue weighted by molar-refractivity contribution is 0.854. The van der Waals surface area contributed by atoms with E-state index < -0.39 is 0 Å². The van der Waals surface area contributed by atoms with Crippen LogP contribution in [0.1, 0.15) is 35.5 Å². The Labute approximate surface area is 119 Å². The second-order valence-corrected chi connectivity index (χ2v) is 4.96. The molecule has 1 atom stereocenters. The van der Waals surface area contributed by atoms with Gasteiger partial charge in [0, 0.05) is 5.56 Å². The first-order valence-electron chi connectivity index (χ1n) is 6.67. The van der Waals surface area contributed by atoms with Crippen molar-refractivity contribution in [1.82, 2.24) is 9.97 Å². The third-order valence-electron chi connectivity index (χ3n) is 3.40. The summed E-state index contributed by atoms with van der Waals surface area (Å²) >= 11 is 0. The summed E-state index contributed by atoms with van der Waals surface area (Å²) in [5, 5.41) is 3.44. The van der Waals surface area contributed by atoms with Crippen molar-refractivity contribution in [2.45, 2.75) is 33.7 Å². The van der Waals surface area contributed by atoms with Gasteiger partial charge in [-0.2, -0.15) is 0 Å². The van der Waals surface area contributed by atoms with Crippen molar-refractivity contribution in [2.24, 2.45) is 5.84 Å². The molecule has 1 aromatic heterocycles. The average Bonchev–Trinajstić information content (AvgIpc) is 2.42. The van der Waals surface area contributed by atoms with Gasteiger partial charge in [0.2, 0.25) is 0 Å². The first-order valence-corrected chi connectivity index (χ1v) is 6.67. The maximum absolute atomic E-state index is 5.49. The molecule has 1 unspecified atom stereocenters. The van der Waals surface area contributed by atoms with Crippen LogP contribution in [0, 0.1) is 20.8 Å². The van der Waals surface area contributed by atoms with E-state index >= 15 is 0 Å². The summed E-state index contributed by atoms with van der Waals surface area (Å²) in [6.07, 6.45) is 0. The van der Waals surface area contributed by atoms with Crippen LogP contribution < -0.4 is 16.6 Å². The third kappa shape index (κ3) is 2.88. The molecule has 0 aliphatic rings. The lowest BCUT2D eigenvalue weighted by atomic mass is 10.0. The van der Waals surface area contributed by atoms with E-state index in [4.69, 9.17) is 5.84 Å². The van der Waals surface area contributed by atoms with Crippen molar-refractivity contribution in [1.29, 1.82) is 0 Å². The number of nitrogens with two attached hydrogens (primary N) is 1. The summed E-state index contributed by atoms with van der Waals surface area (Å²) in [6.45, 7) is 8.03. The number of nitrogens with one attached hydrogen (secondary N) is 2. The first-order chi connectivity index (χ1) is 9.52. The standard InChI is InChI=1S/C15H21N5/c1-9-7-5-6-8-13(9)11(3)17-14-10(2)15(20-16)19-12(4)18-14/h5-8,11H,16H2,1-4H3,(H2,17,18,19,20). The van der Waals surface area contributed by atoms with Gasteiger partial charge in [-0.1, -0.05) is 24.3 Å². The number of anilines is 2. The Morgan fingerprint density at radius 3 is 2.35 bits per heavy atom. The fourth-order valence-electron chi connectivity index (χ4n) is 2.26. The smallest absolute Gasteiger partial charge is 0.148 e. The quantitative estimate of drug-likeness (QED) is 0.589. The molecule has 2 rings (SSSR count). The Bertz CT molecular complexity index is 609. The molecule has 0 fully saturated rings.